The fourth-order valence-electron chi connectivity index (χ4n) is 4.72. The molecule has 0 atom stereocenters. The molecule has 2 aliphatic rings. The number of benzene rings is 2. The first-order valence-corrected chi connectivity index (χ1v) is 13.6. The number of fused-ring (bicyclic) bond motifs is 1. The second-order valence-corrected chi connectivity index (χ2v) is 11.2. The van der Waals surface area contributed by atoms with Gasteiger partial charge in [0.2, 0.25) is 0 Å². The van der Waals surface area contributed by atoms with E-state index in [9.17, 15) is 9.59 Å². The van der Waals surface area contributed by atoms with Gasteiger partial charge in [-0.3, -0.25) is 4.79 Å². The minimum Gasteiger partial charge on any atom is -0.444 e. The van der Waals surface area contributed by atoms with Crippen molar-refractivity contribution in [2.45, 2.75) is 39.2 Å². The van der Waals surface area contributed by atoms with E-state index in [1.54, 1.807) is 4.90 Å². The molecule has 194 valence electrons. The maximum absolute atomic E-state index is 13.2. The Morgan fingerprint density at radius 1 is 0.946 bits per heavy atom. The third-order valence-electron chi connectivity index (χ3n) is 6.49. The number of para-hydroxylation sites is 3. The highest BCUT2D eigenvalue weighted by Crippen LogP contribution is 2.35. The number of carbonyl (C=O) groups excluding carboxylic acids is 2. The summed E-state index contributed by atoms with van der Waals surface area (Å²) in [6.07, 6.45) is 1.84. The van der Waals surface area contributed by atoms with E-state index in [0.717, 1.165) is 35.9 Å². The van der Waals surface area contributed by atoms with E-state index in [0.29, 0.717) is 31.9 Å². The molecule has 5 rings (SSSR count). The SMILES string of the molecule is CC(C)(C)OC(=O)N1CCN(c2ccccc2NC(=O)c2csc(N3CCCc4ccccc43)n2)CC1. The number of piperazine rings is 1. The molecule has 3 aromatic rings. The van der Waals surface area contributed by atoms with Gasteiger partial charge in [0.05, 0.1) is 11.4 Å². The molecule has 1 fully saturated rings. The van der Waals surface area contributed by atoms with Gasteiger partial charge >= 0.3 is 6.09 Å². The van der Waals surface area contributed by atoms with Crippen molar-refractivity contribution in [1.29, 1.82) is 0 Å². The molecule has 37 heavy (non-hydrogen) atoms. The van der Waals surface area contributed by atoms with Crippen LogP contribution in [0.25, 0.3) is 0 Å². The largest absolute Gasteiger partial charge is 0.444 e. The molecule has 8 nitrogen and oxygen atoms in total. The van der Waals surface area contributed by atoms with E-state index in [1.807, 2.05) is 56.5 Å². The fourth-order valence-corrected chi connectivity index (χ4v) is 5.57. The normalized spacial score (nSPS) is 15.8. The van der Waals surface area contributed by atoms with Crippen LogP contribution in [0, 0.1) is 0 Å². The summed E-state index contributed by atoms with van der Waals surface area (Å²) in [5, 5.41) is 5.72. The zero-order valence-corrected chi connectivity index (χ0v) is 22.4. The number of anilines is 4. The maximum Gasteiger partial charge on any atom is 0.410 e. The van der Waals surface area contributed by atoms with Gasteiger partial charge in [0.25, 0.3) is 5.91 Å². The number of aryl methyl sites for hydroxylation is 1. The van der Waals surface area contributed by atoms with Gasteiger partial charge in [-0.15, -0.1) is 11.3 Å². The Kier molecular flexibility index (Phi) is 7.06. The van der Waals surface area contributed by atoms with Gasteiger partial charge in [-0.2, -0.15) is 0 Å². The van der Waals surface area contributed by atoms with Gasteiger partial charge in [0, 0.05) is 43.8 Å². The molecule has 0 saturated carbocycles. The van der Waals surface area contributed by atoms with E-state index in [1.165, 1.54) is 22.6 Å². The van der Waals surface area contributed by atoms with Crippen LogP contribution >= 0.6 is 11.3 Å². The standard InChI is InChI=1S/C28H33N5O3S/c1-28(2,3)36-27(35)32-17-15-31(16-18-32)24-13-7-5-11-21(24)29-25(34)22-19-37-26(30-22)33-14-8-10-20-9-4-6-12-23(20)33/h4-7,9,11-13,19H,8,10,14-18H2,1-3H3,(H,29,34). The van der Waals surface area contributed by atoms with E-state index in [-0.39, 0.29) is 12.0 Å². The molecule has 3 heterocycles. The number of thiazole rings is 1. The second kappa shape index (κ2) is 10.4. The van der Waals surface area contributed by atoms with Crippen molar-refractivity contribution >= 4 is 45.5 Å². The summed E-state index contributed by atoms with van der Waals surface area (Å²) in [6.45, 7) is 8.94. The number of amides is 2. The van der Waals surface area contributed by atoms with Gasteiger partial charge in [-0.05, 0) is 57.4 Å². The van der Waals surface area contributed by atoms with Crippen LogP contribution < -0.4 is 15.1 Å². The zero-order valence-electron chi connectivity index (χ0n) is 21.6. The summed E-state index contributed by atoms with van der Waals surface area (Å²) in [7, 11) is 0. The van der Waals surface area contributed by atoms with Gasteiger partial charge in [-0.1, -0.05) is 30.3 Å². The molecule has 1 aromatic heterocycles. The molecule has 2 aromatic carbocycles. The average Bonchev–Trinajstić information content (AvgIpc) is 3.38. The second-order valence-electron chi connectivity index (χ2n) is 10.3. The van der Waals surface area contributed by atoms with E-state index in [2.05, 4.69) is 33.3 Å². The number of rotatable bonds is 4. The predicted molar refractivity (Wildman–Crippen MR) is 148 cm³/mol. The topological polar surface area (TPSA) is 78.0 Å². The van der Waals surface area contributed by atoms with Crippen molar-refractivity contribution in [3.05, 3.63) is 65.2 Å². The Hall–Kier alpha value is -3.59. The smallest absolute Gasteiger partial charge is 0.410 e. The molecule has 2 amide bonds. The molecule has 0 spiro atoms. The van der Waals surface area contributed by atoms with E-state index < -0.39 is 5.60 Å². The molecule has 1 saturated heterocycles. The zero-order chi connectivity index (χ0) is 26.0. The quantitative estimate of drug-likeness (QED) is 0.488. The lowest BCUT2D eigenvalue weighted by Gasteiger charge is -2.37. The maximum atomic E-state index is 13.2. The molecular weight excluding hydrogens is 486 g/mol. The van der Waals surface area contributed by atoms with E-state index in [4.69, 9.17) is 9.72 Å². The highest BCUT2D eigenvalue weighted by molar-refractivity contribution is 7.14. The first kappa shape index (κ1) is 25.1. The highest BCUT2D eigenvalue weighted by Gasteiger charge is 2.27. The van der Waals surface area contributed by atoms with Crippen molar-refractivity contribution in [3.63, 3.8) is 0 Å². The molecule has 1 N–H and O–H groups in total. The number of ether oxygens (including phenoxy) is 1. The first-order chi connectivity index (χ1) is 17.8. The molecule has 0 radical (unpaired) electrons. The van der Waals surface area contributed by atoms with Crippen LogP contribution in [-0.4, -0.2) is 60.2 Å². The summed E-state index contributed by atoms with van der Waals surface area (Å²) in [5.74, 6) is -0.229. The lowest BCUT2D eigenvalue weighted by molar-refractivity contribution is 0.0240. The summed E-state index contributed by atoms with van der Waals surface area (Å²) < 4.78 is 5.51. The average molecular weight is 520 g/mol. The lowest BCUT2D eigenvalue weighted by atomic mass is 10.0. The third-order valence-corrected chi connectivity index (χ3v) is 7.35. The summed E-state index contributed by atoms with van der Waals surface area (Å²) >= 11 is 1.49. The van der Waals surface area contributed by atoms with Crippen molar-refractivity contribution in [2.24, 2.45) is 0 Å². The van der Waals surface area contributed by atoms with Gasteiger partial charge in [0.15, 0.2) is 5.13 Å². The Balaban J connectivity index is 1.25. The Morgan fingerprint density at radius 2 is 1.65 bits per heavy atom. The molecule has 0 aliphatic carbocycles. The van der Waals surface area contributed by atoms with Crippen LogP contribution in [0.4, 0.5) is 27.0 Å². The van der Waals surface area contributed by atoms with Crippen LogP contribution in [0.15, 0.2) is 53.9 Å². The molecule has 2 aliphatic heterocycles. The monoisotopic (exact) mass is 519 g/mol. The molecule has 0 bridgehead atoms. The lowest BCUT2D eigenvalue weighted by Crippen LogP contribution is -2.50. The first-order valence-electron chi connectivity index (χ1n) is 12.7. The van der Waals surface area contributed by atoms with Gasteiger partial charge in [-0.25, -0.2) is 9.78 Å². The van der Waals surface area contributed by atoms with Crippen LogP contribution in [-0.2, 0) is 11.2 Å². The minimum absolute atomic E-state index is 0.229. The molecular formula is C28H33N5O3S. The molecule has 9 heteroatoms. The summed E-state index contributed by atoms with van der Waals surface area (Å²) in [5.41, 5.74) is 4.04. The van der Waals surface area contributed by atoms with E-state index >= 15 is 0 Å². The minimum atomic E-state index is -0.516. The van der Waals surface area contributed by atoms with Crippen molar-refractivity contribution < 1.29 is 14.3 Å². The molecule has 0 unspecified atom stereocenters. The number of hydrogen-bond donors (Lipinski definition) is 1. The Bertz CT molecular complexity index is 1280. The summed E-state index contributed by atoms with van der Waals surface area (Å²) in [6, 6.07) is 16.2. The van der Waals surface area contributed by atoms with Crippen LogP contribution in [0.3, 0.4) is 0 Å². The predicted octanol–water partition coefficient (Wildman–Crippen LogP) is 5.54. The number of nitrogens with one attached hydrogen (secondary N) is 1. The van der Waals surface area contributed by atoms with Gasteiger partial charge in [0.1, 0.15) is 11.3 Å². The number of carbonyl (C=O) groups is 2. The number of aromatic nitrogens is 1. The number of nitrogens with zero attached hydrogens (tertiary/aromatic N) is 4. The van der Waals surface area contributed by atoms with Crippen LogP contribution in [0.2, 0.25) is 0 Å². The van der Waals surface area contributed by atoms with Crippen molar-refractivity contribution in [2.75, 3.05) is 47.8 Å². The third kappa shape index (κ3) is 5.72. The summed E-state index contributed by atoms with van der Waals surface area (Å²) in [4.78, 5) is 36.4. The number of hydrogen-bond acceptors (Lipinski definition) is 7. The highest BCUT2D eigenvalue weighted by atomic mass is 32.1. The Morgan fingerprint density at radius 3 is 2.41 bits per heavy atom. The van der Waals surface area contributed by atoms with Crippen molar-refractivity contribution in [3.8, 4) is 0 Å². The fraction of sp³-hybridized carbons (Fsp3) is 0.393. The Labute approximate surface area is 221 Å². The van der Waals surface area contributed by atoms with Crippen LogP contribution in [0.5, 0.6) is 0 Å². The van der Waals surface area contributed by atoms with Gasteiger partial charge < -0.3 is 24.8 Å². The van der Waals surface area contributed by atoms with Crippen molar-refractivity contribution in [1.82, 2.24) is 9.88 Å². The van der Waals surface area contributed by atoms with Crippen LogP contribution in [0.1, 0.15) is 43.2 Å².